The molecule has 19 heavy (non-hydrogen) atoms. The zero-order chi connectivity index (χ0) is 14.3. The summed E-state index contributed by atoms with van der Waals surface area (Å²) in [4.78, 5) is 0. The van der Waals surface area contributed by atoms with Gasteiger partial charge in [0.25, 0.3) is 0 Å². The minimum Gasteiger partial charge on any atom is -0.373 e. The molecule has 1 fully saturated rings. The molecule has 0 radical (unpaired) electrons. The van der Waals surface area contributed by atoms with Gasteiger partial charge in [-0.2, -0.15) is 0 Å². The topological polar surface area (TPSA) is 21.3 Å². The standard InChI is InChI=1S/C17H35NO/c1-6-7-8-9-10-15(4)19-17-14(3)11-13(2)12-16(17)18-5/h13-18H,6-12H2,1-5H3. The van der Waals surface area contributed by atoms with Crippen LogP contribution >= 0.6 is 0 Å². The molecule has 1 aliphatic rings. The van der Waals surface area contributed by atoms with Crippen LogP contribution in [0.3, 0.4) is 0 Å². The third kappa shape index (κ3) is 5.83. The lowest BCUT2D eigenvalue weighted by Crippen LogP contribution is -2.49. The number of hydrogen-bond donors (Lipinski definition) is 1. The first kappa shape index (κ1) is 17.0. The van der Waals surface area contributed by atoms with Crippen molar-refractivity contribution in [1.29, 1.82) is 0 Å². The zero-order valence-electron chi connectivity index (χ0n) is 13.7. The van der Waals surface area contributed by atoms with Crippen molar-refractivity contribution in [3.8, 4) is 0 Å². The van der Waals surface area contributed by atoms with E-state index < -0.39 is 0 Å². The molecule has 114 valence electrons. The maximum absolute atomic E-state index is 6.37. The van der Waals surface area contributed by atoms with Gasteiger partial charge in [-0.3, -0.25) is 0 Å². The van der Waals surface area contributed by atoms with Crippen LogP contribution in [0.25, 0.3) is 0 Å². The van der Waals surface area contributed by atoms with E-state index in [2.05, 4.69) is 40.1 Å². The van der Waals surface area contributed by atoms with Crippen LogP contribution in [0.1, 0.15) is 72.6 Å². The van der Waals surface area contributed by atoms with E-state index in [-0.39, 0.29) is 0 Å². The van der Waals surface area contributed by atoms with Crippen molar-refractivity contribution in [2.24, 2.45) is 11.8 Å². The second-order valence-electron chi connectivity index (χ2n) is 6.71. The van der Waals surface area contributed by atoms with Crippen LogP contribution in [-0.2, 0) is 4.74 Å². The van der Waals surface area contributed by atoms with Gasteiger partial charge in [0.15, 0.2) is 0 Å². The molecule has 0 aliphatic heterocycles. The average Bonchev–Trinajstić information content (AvgIpc) is 2.37. The molecular formula is C17H35NO. The third-order valence-electron chi connectivity index (χ3n) is 4.61. The minimum atomic E-state index is 0.405. The first-order chi connectivity index (χ1) is 9.08. The molecule has 5 unspecified atom stereocenters. The Morgan fingerprint density at radius 3 is 2.53 bits per heavy atom. The quantitative estimate of drug-likeness (QED) is 0.660. The Hall–Kier alpha value is -0.0800. The molecule has 0 aromatic heterocycles. The van der Waals surface area contributed by atoms with Crippen LogP contribution in [0.15, 0.2) is 0 Å². The molecule has 1 rings (SSSR count). The fourth-order valence-corrected chi connectivity index (χ4v) is 3.54. The molecular weight excluding hydrogens is 234 g/mol. The number of hydrogen-bond acceptors (Lipinski definition) is 2. The lowest BCUT2D eigenvalue weighted by atomic mass is 9.78. The Morgan fingerprint density at radius 2 is 1.89 bits per heavy atom. The zero-order valence-corrected chi connectivity index (χ0v) is 13.7. The van der Waals surface area contributed by atoms with Gasteiger partial charge < -0.3 is 10.1 Å². The number of likely N-dealkylation sites (N-methyl/N-ethyl adjacent to an activating group) is 1. The molecule has 0 heterocycles. The van der Waals surface area contributed by atoms with E-state index in [0.717, 1.165) is 5.92 Å². The summed E-state index contributed by atoms with van der Waals surface area (Å²) in [5.74, 6) is 1.51. The van der Waals surface area contributed by atoms with Gasteiger partial charge in [0.05, 0.1) is 12.2 Å². The average molecular weight is 269 g/mol. The molecule has 2 heteroatoms. The van der Waals surface area contributed by atoms with Gasteiger partial charge in [-0.05, 0) is 45.1 Å². The highest BCUT2D eigenvalue weighted by atomic mass is 16.5. The van der Waals surface area contributed by atoms with Gasteiger partial charge in [0, 0.05) is 6.04 Å². The summed E-state index contributed by atoms with van der Waals surface area (Å²) in [7, 11) is 2.08. The summed E-state index contributed by atoms with van der Waals surface area (Å²) < 4.78 is 6.37. The molecule has 1 N–H and O–H groups in total. The van der Waals surface area contributed by atoms with Gasteiger partial charge in [-0.15, -0.1) is 0 Å². The Morgan fingerprint density at radius 1 is 1.16 bits per heavy atom. The van der Waals surface area contributed by atoms with E-state index in [1.54, 1.807) is 0 Å². The van der Waals surface area contributed by atoms with E-state index in [1.807, 2.05) is 0 Å². The Balaban J connectivity index is 2.35. The molecule has 0 aromatic rings. The number of ether oxygens (including phenoxy) is 1. The second kappa shape index (κ2) is 8.97. The summed E-state index contributed by atoms with van der Waals surface area (Å²) in [5.41, 5.74) is 0. The lowest BCUT2D eigenvalue weighted by molar-refractivity contribution is -0.0750. The van der Waals surface area contributed by atoms with E-state index >= 15 is 0 Å². The van der Waals surface area contributed by atoms with Crippen molar-refractivity contribution >= 4 is 0 Å². The Labute approximate surface area is 120 Å². The molecule has 1 saturated carbocycles. The molecule has 0 aromatic carbocycles. The van der Waals surface area contributed by atoms with E-state index in [9.17, 15) is 0 Å². The summed E-state index contributed by atoms with van der Waals surface area (Å²) in [6, 6.07) is 0.539. The van der Waals surface area contributed by atoms with Gasteiger partial charge in [-0.1, -0.05) is 46.5 Å². The fraction of sp³-hybridized carbons (Fsp3) is 1.00. The first-order valence-corrected chi connectivity index (χ1v) is 8.41. The Kier molecular flexibility index (Phi) is 8.01. The first-order valence-electron chi connectivity index (χ1n) is 8.41. The Bertz CT molecular complexity index is 231. The monoisotopic (exact) mass is 269 g/mol. The van der Waals surface area contributed by atoms with Crippen molar-refractivity contribution in [3.63, 3.8) is 0 Å². The van der Waals surface area contributed by atoms with Crippen molar-refractivity contribution < 1.29 is 4.74 Å². The molecule has 0 spiro atoms. The number of rotatable bonds is 8. The smallest absolute Gasteiger partial charge is 0.0757 e. The maximum atomic E-state index is 6.37. The van der Waals surface area contributed by atoms with Crippen LogP contribution in [0.4, 0.5) is 0 Å². The summed E-state index contributed by atoms with van der Waals surface area (Å²) in [6.45, 7) is 9.24. The van der Waals surface area contributed by atoms with Crippen LogP contribution < -0.4 is 5.32 Å². The lowest BCUT2D eigenvalue weighted by Gasteiger charge is -2.40. The highest BCUT2D eigenvalue weighted by Crippen LogP contribution is 2.32. The van der Waals surface area contributed by atoms with Crippen LogP contribution in [0, 0.1) is 11.8 Å². The fourth-order valence-electron chi connectivity index (χ4n) is 3.54. The SMILES string of the molecule is CCCCCCC(C)OC1C(C)CC(C)CC1NC. The maximum Gasteiger partial charge on any atom is 0.0757 e. The summed E-state index contributed by atoms with van der Waals surface area (Å²) >= 11 is 0. The minimum absolute atomic E-state index is 0.405. The summed E-state index contributed by atoms with van der Waals surface area (Å²) in [5, 5.41) is 3.47. The van der Waals surface area contributed by atoms with E-state index in [1.165, 1.54) is 44.9 Å². The third-order valence-corrected chi connectivity index (χ3v) is 4.61. The number of unbranched alkanes of at least 4 members (excludes halogenated alkanes) is 3. The van der Waals surface area contributed by atoms with Crippen molar-refractivity contribution in [3.05, 3.63) is 0 Å². The van der Waals surface area contributed by atoms with Crippen molar-refractivity contribution in [2.45, 2.75) is 90.9 Å². The normalized spacial score (nSPS) is 33.3. The van der Waals surface area contributed by atoms with E-state index in [0.29, 0.717) is 24.2 Å². The van der Waals surface area contributed by atoms with Crippen molar-refractivity contribution in [2.75, 3.05) is 7.05 Å². The molecule has 0 saturated heterocycles. The summed E-state index contributed by atoms with van der Waals surface area (Å²) in [6.07, 6.45) is 9.95. The van der Waals surface area contributed by atoms with Crippen LogP contribution in [0.5, 0.6) is 0 Å². The van der Waals surface area contributed by atoms with Crippen LogP contribution in [0.2, 0.25) is 0 Å². The number of nitrogens with one attached hydrogen (secondary N) is 1. The van der Waals surface area contributed by atoms with Gasteiger partial charge in [-0.25, -0.2) is 0 Å². The predicted molar refractivity (Wildman–Crippen MR) is 83.5 cm³/mol. The predicted octanol–water partition coefficient (Wildman–Crippen LogP) is 4.38. The van der Waals surface area contributed by atoms with E-state index in [4.69, 9.17) is 4.74 Å². The highest BCUT2D eigenvalue weighted by Gasteiger charge is 2.34. The largest absolute Gasteiger partial charge is 0.373 e. The van der Waals surface area contributed by atoms with Gasteiger partial charge in [0.1, 0.15) is 0 Å². The second-order valence-corrected chi connectivity index (χ2v) is 6.71. The van der Waals surface area contributed by atoms with Gasteiger partial charge in [0.2, 0.25) is 0 Å². The molecule has 2 nitrogen and oxygen atoms in total. The molecule has 0 amide bonds. The van der Waals surface area contributed by atoms with Gasteiger partial charge >= 0.3 is 0 Å². The van der Waals surface area contributed by atoms with Crippen molar-refractivity contribution in [1.82, 2.24) is 5.32 Å². The molecule has 1 aliphatic carbocycles. The molecule has 5 atom stereocenters. The molecule has 0 bridgehead atoms. The van der Waals surface area contributed by atoms with Crippen LogP contribution in [-0.4, -0.2) is 25.3 Å². The highest BCUT2D eigenvalue weighted by molar-refractivity contribution is 4.88.